The van der Waals surface area contributed by atoms with Crippen molar-refractivity contribution < 1.29 is 9.59 Å². The normalized spacial score (nSPS) is 22.0. The van der Waals surface area contributed by atoms with Crippen LogP contribution in [0.15, 0.2) is 24.3 Å². The Balaban J connectivity index is 1.49. The topological polar surface area (TPSA) is 69.9 Å². The van der Waals surface area contributed by atoms with Crippen LogP contribution < -0.4 is 10.6 Å². The molecule has 0 radical (unpaired) electrons. The lowest BCUT2D eigenvalue weighted by molar-refractivity contribution is -0.136. The summed E-state index contributed by atoms with van der Waals surface area (Å²) in [4.78, 5) is 30.1. The number of nitrogens with two attached hydrogens (primary N) is 1. The molecular formula is C18H25ClN4O2. The Hall–Kier alpha value is -1.79. The number of primary amides is 1. The molecule has 7 heteroatoms. The molecule has 0 unspecified atom stereocenters. The van der Waals surface area contributed by atoms with Gasteiger partial charge in [0.1, 0.15) is 0 Å². The Morgan fingerprint density at radius 1 is 1.12 bits per heavy atom. The molecule has 0 spiro atoms. The van der Waals surface area contributed by atoms with E-state index in [2.05, 4.69) is 9.80 Å². The van der Waals surface area contributed by atoms with Crippen LogP contribution in [0, 0.1) is 5.92 Å². The van der Waals surface area contributed by atoms with Crippen LogP contribution in [-0.4, -0.2) is 67.4 Å². The lowest BCUT2D eigenvalue weighted by atomic mass is 9.97. The molecule has 1 aromatic carbocycles. The number of para-hydroxylation sites is 1. The molecule has 3 rings (SSSR count). The van der Waals surface area contributed by atoms with Crippen molar-refractivity contribution in [2.75, 3.05) is 50.7 Å². The third-order valence-corrected chi connectivity index (χ3v) is 5.42. The summed E-state index contributed by atoms with van der Waals surface area (Å²) in [6.45, 7) is 4.94. The zero-order chi connectivity index (χ0) is 17.8. The summed E-state index contributed by atoms with van der Waals surface area (Å²) in [5.74, 6) is -0.405. The van der Waals surface area contributed by atoms with E-state index in [-0.39, 0.29) is 17.7 Å². The van der Waals surface area contributed by atoms with Crippen molar-refractivity contribution in [1.82, 2.24) is 9.80 Å². The van der Waals surface area contributed by atoms with Gasteiger partial charge in [-0.3, -0.25) is 14.5 Å². The lowest BCUT2D eigenvalue weighted by Crippen LogP contribution is -2.52. The SMILES string of the molecule is NC(=O)[C@H]1CCCN(C(=O)CN2CCN(c3ccccc3Cl)CC2)C1. The highest BCUT2D eigenvalue weighted by Crippen LogP contribution is 2.26. The smallest absolute Gasteiger partial charge is 0.236 e. The van der Waals surface area contributed by atoms with E-state index in [4.69, 9.17) is 17.3 Å². The van der Waals surface area contributed by atoms with Crippen LogP contribution >= 0.6 is 11.6 Å². The van der Waals surface area contributed by atoms with Crippen LogP contribution in [0.1, 0.15) is 12.8 Å². The number of amides is 2. The molecule has 0 saturated carbocycles. The van der Waals surface area contributed by atoms with Crippen LogP contribution in [0.3, 0.4) is 0 Å². The number of hydrogen-bond donors (Lipinski definition) is 1. The molecule has 2 aliphatic heterocycles. The third-order valence-electron chi connectivity index (χ3n) is 5.10. The van der Waals surface area contributed by atoms with E-state index < -0.39 is 0 Å². The van der Waals surface area contributed by atoms with Crippen molar-refractivity contribution in [1.29, 1.82) is 0 Å². The zero-order valence-corrected chi connectivity index (χ0v) is 15.1. The van der Waals surface area contributed by atoms with Gasteiger partial charge in [0.2, 0.25) is 11.8 Å². The van der Waals surface area contributed by atoms with Gasteiger partial charge in [-0.25, -0.2) is 0 Å². The van der Waals surface area contributed by atoms with Crippen LogP contribution in [0.4, 0.5) is 5.69 Å². The maximum Gasteiger partial charge on any atom is 0.236 e. The predicted octanol–water partition coefficient (Wildman–Crippen LogP) is 1.19. The van der Waals surface area contributed by atoms with Gasteiger partial charge in [-0.1, -0.05) is 23.7 Å². The second kappa shape index (κ2) is 8.06. The van der Waals surface area contributed by atoms with Crippen molar-refractivity contribution >= 4 is 29.1 Å². The van der Waals surface area contributed by atoms with E-state index in [1.54, 1.807) is 4.90 Å². The first-order valence-corrected chi connectivity index (χ1v) is 9.21. The van der Waals surface area contributed by atoms with Crippen molar-refractivity contribution in [3.63, 3.8) is 0 Å². The average Bonchev–Trinajstić information content (AvgIpc) is 2.63. The van der Waals surface area contributed by atoms with Gasteiger partial charge in [0, 0.05) is 39.3 Å². The molecule has 2 aliphatic rings. The summed E-state index contributed by atoms with van der Waals surface area (Å²) < 4.78 is 0. The summed E-state index contributed by atoms with van der Waals surface area (Å²) >= 11 is 6.27. The van der Waals surface area contributed by atoms with Gasteiger partial charge in [-0.2, -0.15) is 0 Å². The van der Waals surface area contributed by atoms with Gasteiger partial charge in [-0.15, -0.1) is 0 Å². The average molecular weight is 365 g/mol. The minimum absolute atomic E-state index is 0.0946. The molecule has 136 valence electrons. The Labute approximate surface area is 153 Å². The first kappa shape index (κ1) is 18.0. The molecule has 25 heavy (non-hydrogen) atoms. The largest absolute Gasteiger partial charge is 0.369 e. The van der Waals surface area contributed by atoms with Gasteiger partial charge >= 0.3 is 0 Å². The summed E-state index contributed by atoms with van der Waals surface area (Å²) in [7, 11) is 0. The monoisotopic (exact) mass is 364 g/mol. The molecule has 0 aromatic heterocycles. The number of nitrogens with zero attached hydrogens (tertiary/aromatic N) is 3. The van der Waals surface area contributed by atoms with Crippen LogP contribution in [-0.2, 0) is 9.59 Å². The number of anilines is 1. The number of likely N-dealkylation sites (tertiary alicyclic amines) is 1. The van der Waals surface area contributed by atoms with Gasteiger partial charge in [0.15, 0.2) is 0 Å². The molecule has 0 aliphatic carbocycles. The fourth-order valence-corrected chi connectivity index (χ4v) is 3.84. The second-order valence-electron chi connectivity index (χ2n) is 6.80. The molecule has 1 aromatic rings. The van der Waals surface area contributed by atoms with Crippen molar-refractivity contribution in [2.45, 2.75) is 12.8 Å². The third kappa shape index (κ3) is 4.44. The van der Waals surface area contributed by atoms with Crippen LogP contribution in [0.25, 0.3) is 0 Å². The molecule has 0 bridgehead atoms. The van der Waals surface area contributed by atoms with Gasteiger partial charge < -0.3 is 15.5 Å². The van der Waals surface area contributed by atoms with Crippen LogP contribution in [0.2, 0.25) is 5.02 Å². The van der Waals surface area contributed by atoms with E-state index in [1.165, 1.54) is 0 Å². The Morgan fingerprint density at radius 2 is 1.84 bits per heavy atom. The van der Waals surface area contributed by atoms with Crippen molar-refractivity contribution in [3.8, 4) is 0 Å². The quantitative estimate of drug-likeness (QED) is 0.871. The summed E-state index contributed by atoms with van der Waals surface area (Å²) in [6, 6.07) is 7.85. The molecule has 6 nitrogen and oxygen atoms in total. The van der Waals surface area contributed by atoms with Gasteiger partial charge in [-0.05, 0) is 25.0 Å². The second-order valence-corrected chi connectivity index (χ2v) is 7.20. The molecule has 2 fully saturated rings. The Kier molecular flexibility index (Phi) is 5.81. The number of carbonyl (C=O) groups is 2. The number of halogens is 1. The Bertz CT molecular complexity index is 631. The number of rotatable bonds is 4. The molecule has 1 atom stereocenters. The van der Waals surface area contributed by atoms with Crippen molar-refractivity contribution in [3.05, 3.63) is 29.3 Å². The fraction of sp³-hybridized carbons (Fsp3) is 0.556. The first-order chi connectivity index (χ1) is 12.0. The maximum atomic E-state index is 12.5. The standard InChI is InChI=1S/C18H25ClN4O2/c19-15-5-1-2-6-16(15)22-10-8-21(9-11-22)13-17(24)23-7-3-4-14(12-23)18(20)25/h1-2,5-6,14H,3-4,7-13H2,(H2,20,25)/t14-/m0/s1. The fourth-order valence-electron chi connectivity index (χ4n) is 3.58. The lowest BCUT2D eigenvalue weighted by Gasteiger charge is -2.38. The van der Waals surface area contributed by atoms with E-state index in [1.807, 2.05) is 24.3 Å². The summed E-state index contributed by atoms with van der Waals surface area (Å²) in [6.07, 6.45) is 1.63. The van der Waals surface area contributed by atoms with Crippen molar-refractivity contribution in [2.24, 2.45) is 11.7 Å². The van der Waals surface area contributed by atoms with E-state index in [9.17, 15) is 9.59 Å². The predicted molar refractivity (Wildman–Crippen MR) is 98.6 cm³/mol. The number of hydrogen-bond acceptors (Lipinski definition) is 4. The number of benzene rings is 1. The van der Waals surface area contributed by atoms with E-state index >= 15 is 0 Å². The molecular weight excluding hydrogens is 340 g/mol. The number of piperazine rings is 1. The minimum atomic E-state index is -0.300. The van der Waals surface area contributed by atoms with Crippen LogP contribution in [0.5, 0.6) is 0 Å². The molecule has 2 saturated heterocycles. The number of piperidine rings is 1. The summed E-state index contributed by atoms with van der Waals surface area (Å²) in [5, 5.41) is 0.762. The number of carbonyl (C=O) groups excluding carboxylic acids is 2. The minimum Gasteiger partial charge on any atom is -0.369 e. The Morgan fingerprint density at radius 3 is 2.52 bits per heavy atom. The molecule has 2 N–H and O–H groups in total. The molecule has 2 amide bonds. The summed E-state index contributed by atoms with van der Waals surface area (Å²) in [5.41, 5.74) is 6.44. The van der Waals surface area contributed by atoms with E-state index in [0.717, 1.165) is 56.3 Å². The maximum absolute atomic E-state index is 12.5. The molecule has 2 heterocycles. The zero-order valence-electron chi connectivity index (χ0n) is 14.4. The van der Waals surface area contributed by atoms with Gasteiger partial charge in [0.05, 0.1) is 23.2 Å². The van der Waals surface area contributed by atoms with Gasteiger partial charge in [0.25, 0.3) is 0 Å². The highest BCUT2D eigenvalue weighted by atomic mass is 35.5. The van der Waals surface area contributed by atoms with E-state index in [0.29, 0.717) is 13.1 Å². The first-order valence-electron chi connectivity index (χ1n) is 8.83. The highest BCUT2D eigenvalue weighted by molar-refractivity contribution is 6.33. The highest BCUT2D eigenvalue weighted by Gasteiger charge is 2.28.